The number of nitrogens with zero attached hydrogens (tertiary/aromatic N) is 1. The molecule has 5 heteroatoms. The molecule has 1 spiro atoms. The Bertz CT molecular complexity index is 779. The van der Waals surface area contributed by atoms with Gasteiger partial charge in [-0.05, 0) is 63.0 Å². The average Bonchev–Trinajstić information content (AvgIpc) is 3.33. The van der Waals surface area contributed by atoms with Crippen LogP contribution in [0.1, 0.15) is 83.1 Å². The number of ether oxygens (including phenoxy) is 1. The zero-order chi connectivity index (χ0) is 22.4. The van der Waals surface area contributed by atoms with Gasteiger partial charge in [-0.2, -0.15) is 0 Å². The minimum Gasteiger partial charge on any atom is -0.491 e. The molecule has 0 radical (unpaired) electrons. The van der Waals surface area contributed by atoms with Crippen LogP contribution < -0.4 is 10.1 Å². The Morgan fingerprint density at radius 1 is 1.09 bits per heavy atom. The van der Waals surface area contributed by atoms with E-state index in [2.05, 4.69) is 17.4 Å². The second-order valence-electron chi connectivity index (χ2n) is 10.4. The van der Waals surface area contributed by atoms with E-state index < -0.39 is 0 Å². The molecule has 1 N–H and O–H groups in total. The third kappa shape index (κ3) is 5.65. The molecular formula is C27H40N2O3. The van der Waals surface area contributed by atoms with Crippen LogP contribution in [0.3, 0.4) is 0 Å². The monoisotopic (exact) mass is 440 g/mol. The van der Waals surface area contributed by atoms with Crippen molar-refractivity contribution in [1.29, 1.82) is 0 Å². The molecule has 2 aliphatic heterocycles. The van der Waals surface area contributed by atoms with Gasteiger partial charge >= 0.3 is 0 Å². The first-order valence-corrected chi connectivity index (χ1v) is 12.9. The van der Waals surface area contributed by atoms with Gasteiger partial charge in [-0.1, -0.05) is 50.3 Å². The number of hydrogen-bond acceptors (Lipinski definition) is 3. The number of fused-ring (bicyclic) bond motifs is 1. The first kappa shape index (κ1) is 23.1. The Kier molecular flexibility index (Phi) is 7.75. The quantitative estimate of drug-likeness (QED) is 0.729. The van der Waals surface area contributed by atoms with E-state index in [0.717, 1.165) is 56.6 Å². The molecular weight excluding hydrogens is 400 g/mol. The number of nitrogens with one attached hydrogen (secondary N) is 1. The van der Waals surface area contributed by atoms with E-state index in [-0.39, 0.29) is 17.4 Å². The van der Waals surface area contributed by atoms with Crippen molar-refractivity contribution in [2.75, 3.05) is 19.7 Å². The van der Waals surface area contributed by atoms with Gasteiger partial charge in [0.2, 0.25) is 11.8 Å². The fourth-order valence-corrected chi connectivity index (χ4v) is 5.82. The number of piperidine rings is 1. The number of rotatable bonds is 3. The van der Waals surface area contributed by atoms with E-state index in [4.69, 9.17) is 4.74 Å². The molecule has 5 nitrogen and oxygen atoms in total. The smallest absolute Gasteiger partial charge is 0.226 e. The number of likely N-dealkylation sites (tertiary alicyclic amines) is 1. The van der Waals surface area contributed by atoms with Crippen LogP contribution in [0.4, 0.5) is 0 Å². The van der Waals surface area contributed by atoms with Gasteiger partial charge in [0, 0.05) is 19.5 Å². The van der Waals surface area contributed by atoms with Crippen LogP contribution >= 0.6 is 0 Å². The molecule has 4 rings (SSSR count). The van der Waals surface area contributed by atoms with Crippen LogP contribution in [0.2, 0.25) is 0 Å². The van der Waals surface area contributed by atoms with E-state index in [0.29, 0.717) is 32.0 Å². The highest BCUT2D eigenvalue weighted by Crippen LogP contribution is 2.38. The second-order valence-corrected chi connectivity index (χ2v) is 10.4. The van der Waals surface area contributed by atoms with Crippen molar-refractivity contribution in [3.8, 4) is 5.75 Å². The number of amides is 2. The summed E-state index contributed by atoms with van der Waals surface area (Å²) in [4.78, 5) is 28.2. The third-order valence-electron chi connectivity index (χ3n) is 7.99. The first-order chi connectivity index (χ1) is 15.6. The van der Waals surface area contributed by atoms with Gasteiger partial charge in [-0.3, -0.25) is 9.59 Å². The molecule has 32 heavy (non-hydrogen) atoms. The van der Waals surface area contributed by atoms with E-state index in [1.807, 2.05) is 24.0 Å². The fraction of sp³-hybridized carbons (Fsp3) is 0.704. The summed E-state index contributed by atoms with van der Waals surface area (Å²) in [5, 5.41) is 3.23. The lowest BCUT2D eigenvalue weighted by molar-refractivity contribution is -0.141. The Balaban J connectivity index is 1.35. The van der Waals surface area contributed by atoms with Crippen LogP contribution in [-0.2, 0) is 16.0 Å². The van der Waals surface area contributed by atoms with Gasteiger partial charge in [-0.15, -0.1) is 0 Å². The maximum Gasteiger partial charge on any atom is 0.226 e. The minimum atomic E-state index is -0.352. The third-order valence-corrected chi connectivity index (χ3v) is 7.99. The average molecular weight is 441 g/mol. The standard InChI is InChI=1S/C27H40N2O3/c1-21-20-32-24-12-5-4-10-23(24)11-6-7-15-27(26(31)28-21)16-18-29(19-17-27)25(30)14-13-22-8-2-3-9-22/h4-5,10,12,21-22H,2-3,6-9,11,13-20H2,1H3,(H,28,31)/t21-/m1/s1. The van der Waals surface area contributed by atoms with Gasteiger partial charge in [0.25, 0.3) is 0 Å². The predicted octanol–water partition coefficient (Wildman–Crippen LogP) is 4.88. The lowest BCUT2D eigenvalue weighted by Gasteiger charge is -2.41. The summed E-state index contributed by atoms with van der Waals surface area (Å²) in [6.45, 7) is 3.92. The van der Waals surface area contributed by atoms with Gasteiger partial charge in [0.05, 0.1) is 11.5 Å². The van der Waals surface area contributed by atoms with Crippen LogP contribution in [0.15, 0.2) is 24.3 Å². The van der Waals surface area contributed by atoms with Gasteiger partial charge in [-0.25, -0.2) is 0 Å². The summed E-state index contributed by atoms with van der Waals surface area (Å²) in [7, 11) is 0. The van der Waals surface area contributed by atoms with Crippen LogP contribution in [-0.4, -0.2) is 42.5 Å². The first-order valence-electron chi connectivity index (χ1n) is 12.9. The summed E-state index contributed by atoms with van der Waals surface area (Å²) < 4.78 is 6.05. The number of benzene rings is 1. The number of hydrogen-bond donors (Lipinski definition) is 1. The number of aryl methyl sites for hydroxylation is 1. The molecule has 1 saturated carbocycles. The Morgan fingerprint density at radius 3 is 2.62 bits per heavy atom. The van der Waals surface area contributed by atoms with Crippen molar-refractivity contribution in [3.63, 3.8) is 0 Å². The summed E-state index contributed by atoms with van der Waals surface area (Å²) in [6.07, 6.45) is 12.5. The molecule has 1 saturated heterocycles. The minimum absolute atomic E-state index is 0.0436. The highest BCUT2D eigenvalue weighted by atomic mass is 16.5. The van der Waals surface area contributed by atoms with Crippen LogP contribution in [0.5, 0.6) is 5.75 Å². The van der Waals surface area contributed by atoms with Crippen molar-refractivity contribution < 1.29 is 14.3 Å². The molecule has 0 aromatic heterocycles. The SMILES string of the molecule is C[C@@H]1COc2ccccc2CCCCC2(CCN(C(=O)CCC3CCCC3)CC2)C(=O)N1. The molecule has 0 unspecified atom stereocenters. The lowest BCUT2D eigenvalue weighted by Crippen LogP contribution is -2.52. The van der Waals surface area contributed by atoms with Crippen LogP contribution in [0.25, 0.3) is 0 Å². The van der Waals surface area contributed by atoms with Crippen molar-refractivity contribution in [3.05, 3.63) is 29.8 Å². The van der Waals surface area contributed by atoms with Crippen molar-refractivity contribution in [2.45, 2.75) is 90.0 Å². The molecule has 1 aliphatic carbocycles. The predicted molar refractivity (Wildman–Crippen MR) is 127 cm³/mol. The highest BCUT2D eigenvalue weighted by molar-refractivity contribution is 5.83. The maximum atomic E-state index is 13.4. The molecule has 1 aromatic carbocycles. The molecule has 2 fully saturated rings. The largest absolute Gasteiger partial charge is 0.491 e. The maximum absolute atomic E-state index is 13.4. The number of carbonyl (C=O) groups excluding carboxylic acids is 2. The molecule has 1 atom stereocenters. The van der Waals surface area contributed by atoms with Crippen molar-refractivity contribution >= 4 is 11.8 Å². The molecule has 2 amide bonds. The zero-order valence-corrected chi connectivity index (χ0v) is 19.7. The number of para-hydroxylation sites is 1. The van der Waals surface area contributed by atoms with E-state index in [1.165, 1.54) is 31.2 Å². The van der Waals surface area contributed by atoms with Crippen molar-refractivity contribution in [1.82, 2.24) is 10.2 Å². The summed E-state index contributed by atoms with van der Waals surface area (Å²) in [5.41, 5.74) is 0.901. The van der Waals surface area contributed by atoms with E-state index in [9.17, 15) is 9.59 Å². The lowest BCUT2D eigenvalue weighted by atomic mass is 9.73. The normalized spacial score (nSPS) is 24.7. The van der Waals surface area contributed by atoms with Gasteiger partial charge in [0.15, 0.2) is 0 Å². The van der Waals surface area contributed by atoms with Gasteiger partial charge < -0.3 is 15.0 Å². The van der Waals surface area contributed by atoms with Gasteiger partial charge in [0.1, 0.15) is 12.4 Å². The topological polar surface area (TPSA) is 58.6 Å². The molecule has 0 bridgehead atoms. The highest BCUT2D eigenvalue weighted by Gasteiger charge is 2.42. The summed E-state index contributed by atoms with van der Waals surface area (Å²) in [6, 6.07) is 8.20. The van der Waals surface area contributed by atoms with E-state index >= 15 is 0 Å². The fourth-order valence-electron chi connectivity index (χ4n) is 5.82. The molecule has 2 heterocycles. The Morgan fingerprint density at radius 2 is 1.84 bits per heavy atom. The zero-order valence-electron chi connectivity index (χ0n) is 19.7. The Labute approximate surface area is 193 Å². The Hall–Kier alpha value is -2.04. The molecule has 176 valence electrons. The summed E-state index contributed by atoms with van der Waals surface area (Å²) >= 11 is 0. The summed E-state index contributed by atoms with van der Waals surface area (Å²) in [5.74, 6) is 2.13. The van der Waals surface area contributed by atoms with Crippen LogP contribution in [0, 0.1) is 11.3 Å². The van der Waals surface area contributed by atoms with Crippen molar-refractivity contribution in [2.24, 2.45) is 11.3 Å². The molecule has 1 aromatic rings. The second kappa shape index (κ2) is 10.7. The van der Waals surface area contributed by atoms with E-state index in [1.54, 1.807) is 0 Å². The molecule has 3 aliphatic rings. The number of carbonyl (C=O) groups is 2.